The molecular formula is C14H21NO4. The van der Waals surface area contributed by atoms with Crippen LogP contribution in [-0.4, -0.2) is 46.2 Å². The summed E-state index contributed by atoms with van der Waals surface area (Å²) in [7, 11) is 0. The van der Waals surface area contributed by atoms with Gasteiger partial charge in [-0.25, -0.2) is 0 Å². The maximum Gasteiger partial charge on any atom is 0.107 e. The summed E-state index contributed by atoms with van der Waals surface area (Å²) in [6.45, 7) is 1.08. The number of nitrogens with one attached hydrogen (secondary N) is 1. The summed E-state index contributed by atoms with van der Waals surface area (Å²) < 4.78 is 0. The lowest BCUT2D eigenvalue weighted by molar-refractivity contribution is -0.0155. The van der Waals surface area contributed by atoms with E-state index in [4.69, 9.17) is 5.11 Å². The van der Waals surface area contributed by atoms with Crippen molar-refractivity contribution in [2.45, 2.75) is 30.7 Å². The summed E-state index contributed by atoms with van der Waals surface area (Å²) in [6.07, 6.45) is -0.975. The van der Waals surface area contributed by atoms with E-state index in [2.05, 4.69) is 5.32 Å². The number of piperidine rings is 1. The van der Waals surface area contributed by atoms with Gasteiger partial charge >= 0.3 is 0 Å². The first-order chi connectivity index (χ1) is 9.07. The number of benzene rings is 1. The van der Waals surface area contributed by atoms with Gasteiger partial charge in [-0.3, -0.25) is 0 Å². The van der Waals surface area contributed by atoms with E-state index in [0.29, 0.717) is 18.4 Å². The minimum absolute atomic E-state index is 0.488. The van der Waals surface area contributed by atoms with Crippen LogP contribution in [0, 0.1) is 0 Å². The topological polar surface area (TPSA) is 93.0 Å². The predicted molar refractivity (Wildman–Crippen MR) is 70.5 cm³/mol. The lowest BCUT2D eigenvalue weighted by Gasteiger charge is -2.33. The van der Waals surface area contributed by atoms with Gasteiger partial charge in [0.15, 0.2) is 0 Å². The summed E-state index contributed by atoms with van der Waals surface area (Å²) in [5.74, 6) is 0. The molecule has 1 aliphatic heterocycles. The van der Waals surface area contributed by atoms with Crippen LogP contribution < -0.4 is 5.32 Å². The maximum atomic E-state index is 10.5. The first kappa shape index (κ1) is 14.4. The Morgan fingerprint density at radius 2 is 1.68 bits per heavy atom. The monoisotopic (exact) mass is 267 g/mol. The molecule has 0 aliphatic carbocycles. The van der Waals surface area contributed by atoms with E-state index >= 15 is 0 Å². The van der Waals surface area contributed by atoms with Crippen LogP contribution in [-0.2, 0) is 5.60 Å². The highest BCUT2D eigenvalue weighted by molar-refractivity contribution is 5.29. The minimum atomic E-state index is -1.19. The quantitative estimate of drug-likeness (QED) is 0.514. The number of rotatable bonds is 4. The molecule has 0 spiro atoms. The Labute approximate surface area is 112 Å². The first-order valence-electron chi connectivity index (χ1n) is 6.57. The summed E-state index contributed by atoms with van der Waals surface area (Å²) in [6, 6.07) is 6.90. The molecule has 1 aromatic carbocycles. The predicted octanol–water partition coefficient (Wildman–Crippen LogP) is -0.356. The standard InChI is InChI=1S/C14H21NO4/c16-9-12(17)13(18)10-1-3-11(4-2-10)14(19)5-7-15-8-6-14/h1-4,12-13,15-19H,5-9H2. The van der Waals surface area contributed by atoms with Crippen molar-refractivity contribution in [2.75, 3.05) is 19.7 Å². The second-order valence-corrected chi connectivity index (χ2v) is 5.10. The van der Waals surface area contributed by atoms with Crippen molar-refractivity contribution in [1.29, 1.82) is 0 Å². The van der Waals surface area contributed by atoms with Gasteiger partial charge in [0, 0.05) is 0 Å². The van der Waals surface area contributed by atoms with Crippen molar-refractivity contribution >= 4 is 0 Å². The van der Waals surface area contributed by atoms with E-state index < -0.39 is 24.4 Å². The normalized spacial score (nSPS) is 21.9. The zero-order valence-corrected chi connectivity index (χ0v) is 10.8. The molecule has 0 aromatic heterocycles. The molecule has 2 unspecified atom stereocenters. The van der Waals surface area contributed by atoms with Crippen molar-refractivity contribution in [1.82, 2.24) is 5.32 Å². The largest absolute Gasteiger partial charge is 0.394 e. The van der Waals surface area contributed by atoms with E-state index in [9.17, 15) is 15.3 Å². The van der Waals surface area contributed by atoms with E-state index in [0.717, 1.165) is 18.7 Å². The molecule has 0 amide bonds. The van der Waals surface area contributed by atoms with Gasteiger partial charge in [-0.15, -0.1) is 0 Å². The number of hydrogen-bond donors (Lipinski definition) is 5. The van der Waals surface area contributed by atoms with Crippen LogP contribution in [0.3, 0.4) is 0 Å². The van der Waals surface area contributed by atoms with Gasteiger partial charge in [0.25, 0.3) is 0 Å². The van der Waals surface area contributed by atoms with Gasteiger partial charge in [-0.2, -0.15) is 0 Å². The van der Waals surface area contributed by atoms with Crippen molar-refractivity contribution in [3.63, 3.8) is 0 Å². The highest BCUT2D eigenvalue weighted by atomic mass is 16.4. The number of aliphatic hydroxyl groups excluding tert-OH is 3. The molecule has 5 nitrogen and oxygen atoms in total. The van der Waals surface area contributed by atoms with Crippen LogP contribution in [0.15, 0.2) is 24.3 Å². The summed E-state index contributed by atoms with van der Waals surface area (Å²) in [5.41, 5.74) is 0.538. The van der Waals surface area contributed by atoms with Crippen LogP contribution in [0.5, 0.6) is 0 Å². The van der Waals surface area contributed by atoms with Gasteiger partial charge in [0.1, 0.15) is 12.2 Å². The van der Waals surface area contributed by atoms with Crippen LogP contribution in [0.4, 0.5) is 0 Å². The molecule has 19 heavy (non-hydrogen) atoms. The molecule has 1 heterocycles. The third-order valence-corrected chi connectivity index (χ3v) is 3.77. The van der Waals surface area contributed by atoms with Crippen molar-refractivity contribution in [3.05, 3.63) is 35.4 Å². The molecule has 1 aliphatic rings. The van der Waals surface area contributed by atoms with Crippen LogP contribution in [0.2, 0.25) is 0 Å². The second-order valence-electron chi connectivity index (χ2n) is 5.10. The van der Waals surface area contributed by atoms with Gasteiger partial charge in [0.05, 0.1) is 12.2 Å². The van der Waals surface area contributed by atoms with Gasteiger partial charge < -0.3 is 25.7 Å². The third kappa shape index (κ3) is 3.13. The Kier molecular flexibility index (Phi) is 4.54. The SMILES string of the molecule is OCC(O)C(O)c1ccc(C2(O)CCNCC2)cc1. The Bertz CT molecular complexity index is 400. The third-order valence-electron chi connectivity index (χ3n) is 3.77. The highest BCUT2D eigenvalue weighted by Crippen LogP contribution is 2.31. The minimum Gasteiger partial charge on any atom is -0.394 e. The molecule has 1 saturated heterocycles. The number of aliphatic hydroxyl groups is 4. The van der Waals surface area contributed by atoms with Crippen molar-refractivity contribution in [2.24, 2.45) is 0 Å². The molecule has 5 heteroatoms. The van der Waals surface area contributed by atoms with E-state index in [1.54, 1.807) is 24.3 Å². The first-order valence-corrected chi connectivity index (χ1v) is 6.57. The summed E-state index contributed by atoms with van der Waals surface area (Å²) >= 11 is 0. The van der Waals surface area contributed by atoms with Crippen LogP contribution in [0.25, 0.3) is 0 Å². The number of hydrogen-bond acceptors (Lipinski definition) is 5. The van der Waals surface area contributed by atoms with Crippen LogP contribution in [0.1, 0.15) is 30.1 Å². The van der Waals surface area contributed by atoms with Crippen LogP contribution >= 0.6 is 0 Å². The zero-order valence-electron chi connectivity index (χ0n) is 10.8. The van der Waals surface area contributed by atoms with E-state index in [1.165, 1.54) is 0 Å². The molecular weight excluding hydrogens is 246 g/mol. The molecule has 0 saturated carbocycles. The molecule has 106 valence electrons. The molecule has 1 aromatic rings. The fourth-order valence-corrected chi connectivity index (χ4v) is 2.44. The average Bonchev–Trinajstić information content (AvgIpc) is 2.46. The van der Waals surface area contributed by atoms with E-state index in [-0.39, 0.29) is 0 Å². The summed E-state index contributed by atoms with van der Waals surface area (Å²) in [5, 5.41) is 41.7. The molecule has 2 atom stereocenters. The Morgan fingerprint density at radius 1 is 1.11 bits per heavy atom. The Hall–Kier alpha value is -0.980. The highest BCUT2D eigenvalue weighted by Gasteiger charge is 2.31. The zero-order chi connectivity index (χ0) is 13.9. The van der Waals surface area contributed by atoms with Crippen molar-refractivity contribution < 1.29 is 20.4 Å². The summed E-state index contributed by atoms with van der Waals surface area (Å²) in [4.78, 5) is 0. The second kappa shape index (κ2) is 5.98. The maximum absolute atomic E-state index is 10.5. The molecule has 5 N–H and O–H groups in total. The van der Waals surface area contributed by atoms with Gasteiger partial charge in [-0.1, -0.05) is 24.3 Å². The smallest absolute Gasteiger partial charge is 0.107 e. The van der Waals surface area contributed by atoms with Crippen molar-refractivity contribution in [3.8, 4) is 0 Å². The van der Waals surface area contributed by atoms with E-state index in [1.807, 2.05) is 0 Å². The van der Waals surface area contributed by atoms with Gasteiger partial charge in [0.2, 0.25) is 0 Å². The molecule has 2 rings (SSSR count). The Morgan fingerprint density at radius 3 is 2.21 bits per heavy atom. The lowest BCUT2D eigenvalue weighted by atomic mass is 9.84. The van der Waals surface area contributed by atoms with Gasteiger partial charge in [-0.05, 0) is 37.1 Å². The Balaban J connectivity index is 2.14. The fourth-order valence-electron chi connectivity index (χ4n) is 2.44. The fraction of sp³-hybridized carbons (Fsp3) is 0.571. The average molecular weight is 267 g/mol. The molecule has 1 fully saturated rings. The molecule has 0 bridgehead atoms. The lowest BCUT2D eigenvalue weighted by Crippen LogP contribution is -2.39. The molecule has 0 radical (unpaired) electrons.